The first-order chi connectivity index (χ1) is 6.19. The third-order valence-corrected chi connectivity index (χ3v) is 2.03. The van der Waals surface area contributed by atoms with Gasteiger partial charge in [0, 0.05) is 6.21 Å². The molecule has 0 heterocycles. The summed E-state index contributed by atoms with van der Waals surface area (Å²) in [6, 6.07) is 4.03. The lowest BCUT2D eigenvalue weighted by molar-refractivity contribution is 1.31. The van der Waals surface area contributed by atoms with E-state index in [1.165, 1.54) is 11.1 Å². The molecule has 0 aromatic heterocycles. The van der Waals surface area contributed by atoms with Gasteiger partial charge in [-0.15, -0.1) is 0 Å². The lowest BCUT2D eigenvalue weighted by atomic mass is 10.1. The van der Waals surface area contributed by atoms with E-state index in [1.54, 1.807) is 6.21 Å². The molecule has 0 unspecified atom stereocenters. The molecule has 0 spiro atoms. The highest BCUT2D eigenvalue weighted by atomic mass is 14.8. The number of aryl methyl sites for hydroxylation is 2. The van der Waals surface area contributed by atoms with Gasteiger partial charge < -0.3 is 0 Å². The van der Waals surface area contributed by atoms with Crippen LogP contribution in [0.1, 0.15) is 18.1 Å². The summed E-state index contributed by atoms with van der Waals surface area (Å²) < 4.78 is 0. The van der Waals surface area contributed by atoms with Gasteiger partial charge in [-0.25, -0.2) is 0 Å². The molecule has 0 fully saturated rings. The zero-order valence-electron chi connectivity index (χ0n) is 8.33. The highest BCUT2D eigenvalue weighted by Gasteiger charge is 2.01. The molecule has 0 amide bonds. The van der Waals surface area contributed by atoms with Crippen molar-refractivity contribution in [3.63, 3.8) is 0 Å². The minimum Gasteiger partial charge on any atom is -0.262 e. The van der Waals surface area contributed by atoms with Gasteiger partial charge in [0.1, 0.15) is 0 Å². The number of aliphatic imine (C=N–C) groups is 2. The molecule has 0 aliphatic rings. The molecular formula is C11H14N2. The summed E-state index contributed by atoms with van der Waals surface area (Å²) in [5.41, 5.74) is 4.19. The van der Waals surface area contributed by atoms with Gasteiger partial charge in [-0.3, -0.25) is 9.98 Å². The topological polar surface area (TPSA) is 24.7 Å². The highest BCUT2D eigenvalue weighted by Crippen LogP contribution is 2.30. The fourth-order valence-corrected chi connectivity index (χ4v) is 1.15. The second-order valence-corrected chi connectivity index (χ2v) is 2.97. The van der Waals surface area contributed by atoms with Crippen LogP contribution >= 0.6 is 0 Å². The summed E-state index contributed by atoms with van der Waals surface area (Å²) in [6.45, 7) is 9.54. The maximum absolute atomic E-state index is 4.22. The fourth-order valence-electron chi connectivity index (χ4n) is 1.15. The van der Waals surface area contributed by atoms with Gasteiger partial charge in [0.15, 0.2) is 0 Å². The Balaban J connectivity index is 3.32. The van der Waals surface area contributed by atoms with Gasteiger partial charge >= 0.3 is 0 Å². The van der Waals surface area contributed by atoms with Crippen LogP contribution in [0.4, 0.5) is 11.4 Å². The molecule has 0 aliphatic heterocycles. The van der Waals surface area contributed by atoms with E-state index < -0.39 is 0 Å². The minimum atomic E-state index is 0.848. The summed E-state index contributed by atoms with van der Waals surface area (Å²) in [6.07, 6.45) is 1.76. The lowest BCUT2D eigenvalue weighted by Crippen LogP contribution is -1.80. The average Bonchev–Trinajstić information content (AvgIpc) is 2.11. The molecular weight excluding hydrogens is 160 g/mol. The maximum Gasteiger partial charge on any atom is 0.0884 e. The zero-order chi connectivity index (χ0) is 9.84. The van der Waals surface area contributed by atoms with E-state index in [9.17, 15) is 0 Å². The molecule has 1 aromatic rings. The summed E-state index contributed by atoms with van der Waals surface area (Å²) in [4.78, 5) is 8.15. The normalized spacial score (nSPS) is 10.7. The van der Waals surface area contributed by atoms with E-state index in [0.717, 1.165) is 11.4 Å². The predicted molar refractivity (Wildman–Crippen MR) is 59.0 cm³/mol. The molecule has 2 nitrogen and oxygen atoms in total. The summed E-state index contributed by atoms with van der Waals surface area (Å²) in [5, 5.41) is 0. The van der Waals surface area contributed by atoms with Crippen molar-refractivity contribution in [1.82, 2.24) is 0 Å². The Morgan fingerprint density at radius 2 is 1.69 bits per heavy atom. The first kappa shape index (κ1) is 9.65. The highest BCUT2D eigenvalue weighted by molar-refractivity contribution is 5.72. The summed E-state index contributed by atoms with van der Waals surface area (Å²) >= 11 is 0. The Bertz CT molecular complexity index is 351. The van der Waals surface area contributed by atoms with Crippen LogP contribution in [0.2, 0.25) is 0 Å². The first-order valence-corrected chi connectivity index (χ1v) is 4.25. The van der Waals surface area contributed by atoms with Crippen LogP contribution in [-0.4, -0.2) is 12.9 Å². The lowest BCUT2D eigenvalue weighted by Gasteiger charge is -2.04. The second kappa shape index (κ2) is 3.99. The Morgan fingerprint density at radius 3 is 2.15 bits per heavy atom. The Hall–Kier alpha value is -1.44. The van der Waals surface area contributed by atoms with Gasteiger partial charge in [0.25, 0.3) is 0 Å². The summed E-state index contributed by atoms with van der Waals surface area (Å²) in [5.74, 6) is 0. The largest absolute Gasteiger partial charge is 0.262 e. The van der Waals surface area contributed by atoms with Gasteiger partial charge in [0.05, 0.1) is 11.4 Å². The zero-order valence-corrected chi connectivity index (χ0v) is 8.33. The van der Waals surface area contributed by atoms with Crippen molar-refractivity contribution in [2.45, 2.75) is 20.8 Å². The van der Waals surface area contributed by atoms with Crippen LogP contribution in [0.25, 0.3) is 0 Å². The van der Waals surface area contributed by atoms with Crippen LogP contribution < -0.4 is 0 Å². The van der Waals surface area contributed by atoms with Crippen LogP contribution in [-0.2, 0) is 0 Å². The third kappa shape index (κ3) is 2.02. The van der Waals surface area contributed by atoms with Gasteiger partial charge in [-0.05, 0) is 50.7 Å². The van der Waals surface area contributed by atoms with E-state index >= 15 is 0 Å². The Kier molecular flexibility index (Phi) is 2.96. The molecule has 0 N–H and O–H groups in total. The first-order valence-electron chi connectivity index (χ1n) is 4.25. The molecule has 0 saturated heterocycles. The molecule has 0 bridgehead atoms. The van der Waals surface area contributed by atoms with Crippen LogP contribution in [0.5, 0.6) is 0 Å². The second-order valence-electron chi connectivity index (χ2n) is 2.97. The van der Waals surface area contributed by atoms with Gasteiger partial charge in [-0.1, -0.05) is 0 Å². The van der Waals surface area contributed by atoms with Crippen molar-refractivity contribution in [3.05, 3.63) is 23.3 Å². The number of hydrogen-bond acceptors (Lipinski definition) is 2. The predicted octanol–water partition coefficient (Wildman–Crippen LogP) is 3.36. The van der Waals surface area contributed by atoms with Gasteiger partial charge in [0.2, 0.25) is 0 Å². The van der Waals surface area contributed by atoms with Crippen molar-refractivity contribution in [2.75, 3.05) is 0 Å². The maximum atomic E-state index is 4.22. The fraction of sp³-hybridized carbons (Fsp3) is 0.273. The number of benzene rings is 1. The number of hydrogen-bond donors (Lipinski definition) is 0. The van der Waals surface area contributed by atoms with Crippen LogP contribution in [0, 0.1) is 13.8 Å². The molecule has 0 atom stereocenters. The van der Waals surface area contributed by atoms with Crippen molar-refractivity contribution in [3.8, 4) is 0 Å². The van der Waals surface area contributed by atoms with Crippen molar-refractivity contribution in [1.29, 1.82) is 0 Å². The molecule has 1 aromatic carbocycles. The van der Waals surface area contributed by atoms with E-state index in [0.29, 0.717) is 0 Å². The van der Waals surface area contributed by atoms with Crippen molar-refractivity contribution >= 4 is 24.3 Å². The van der Waals surface area contributed by atoms with Crippen molar-refractivity contribution < 1.29 is 0 Å². The summed E-state index contributed by atoms with van der Waals surface area (Å²) in [7, 11) is 0. The monoisotopic (exact) mass is 174 g/mol. The Morgan fingerprint density at radius 1 is 1.15 bits per heavy atom. The number of nitrogens with zero attached hydrogens (tertiary/aromatic N) is 2. The number of rotatable bonds is 2. The molecule has 2 heteroatoms. The van der Waals surface area contributed by atoms with E-state index in [2.05, 4.69) is 30.5 Å². The third-order valence-electron chi connectivity index (χ3n) is 2.03. The Labute approximate surface area is 79.0 Å². The van der Waals surface area contributed by atoms with Crippen LogP contribution in [0.3, 0.4) is 0 Å². The van der Waals surface area contributed by atoms with E-state index in [-0.39, 0.29) is 0 Å². The van der Waals surface area contributed by atoms with Gasteiger partial charge in [-0.2, -0.15) is 0 Å². The average molecular weight is 174 g/mol. The molecule has 0 radical (unpaired) electrons. The van der Waals surface area contributed by atoms with Crippen molar-refractivity contribution in [2.24, 2.45) is 9.98 Å². The quantitative estimate of drug-likeness (QED) is 0.614. The minimum absolute atomic E-state index is 0.848. The smallest absolute Gasteiger partial charge is 0.0884 e. The molecule has 68 valence electrons. The van der Waals surface area contributed by atoms with E-state index in [1.807, 2.05) is 19.1 Å². The van der Waals surface area contributed by atoms with E-state index in [4.69, 9.17) is 0 Å². The molecule has 13 heavy (non-hydrogen) atoms. The van der Waals surface area contributed by atoms with Crippen LogP contribution in [0.15, 0.2) is 22.1 Å². The molecule has 0 saturated carbocycles. The standard InChI is InChI=1S/C11H14N2/c1-5-13-11-7-9(3)8(2)6-10(11)12-4/h5-7H,4H2,1-3H3. The molecule has 1 rings (SSSR count). The molecule has 0 aliphatic carbocycles. The SMILES string of the molecule is C=Nc1cc(C)c(C)cc1N=CC.